The van der Waals surface area contributed by atoms with Crippen LogP contribution in [0.3, 0.4) is 0 Å². The van der Waals surface area contributed by atoms with Gasteiger partial charge in [-0.2, -0.15) is 0 Å². The van der Waals surface area contributed by atoms with E-state index in [1.165, 1.54) is 0 Å². The van der Waals surface area contributed by atoms with Crippen LogP contribution in [-0.2, 0) is 9.84 Å². The van der Waals surface area contributed by atoms with Gasteiger partial charge in [0.05, 0.1) is 11.5 Å². The van der Waals surface area contributed by atoms with Gasteiger partial charge in [-0.1, -0.05) is 12.6 Å². The predicted molar refractivity (Wildman–Crippen MR) is 90.5 cm³/mol. The number of hydrogen-bond acceptors (Lipinski definition) is 4. The molecular formula is C16H22N2O4S. The molecule has 1 fully saturated rings. The molecule has 7 heteroatoms. The molecule has 0 aromatic heterocycles. The fraction of sp³-hybridized carbons (Fsp3) is 0.438. The third-order valence-electron chi connectivity index (χ3n) is 3.46. The van der Waals surface area contributed by atoms with Gasteiger partial charge in [0.25, 0.3) is 0 Å². The van der Waals surface area contributed by atoms with Crippen molar-refractivity contribution in [3.63, 3.8) is 0 Å². The van der Waals surface area contributed by atoms with Crippen molar-refractivity contribution in [3.8, 4) is 5.75 Å². The lowest BCUT2D eigenvalue weighted by Crippen LogP contribution is -2.33. The minimum atomic E-state index is -2.92. The molecular weight excluding hydrogens is 316 g/mol. The summed E-state index contributed by atoms with van der Waals surface area (Å²) in [4.78, 5) is 11.9. The highest BCUT2D eigenvalue weighted by molar-refractivity contribution is 7.91. The standard InChI is InChI=1S/C16H22N2O4S/c1-12(2)10-22-15-5-3-4-14(8-15)18-16(19)17-9-13-6-7-23(20,21)11-13/h3-5,8,13H,1,6-7,9-11H2,2H3,(H2,17,18,19)/t13-/m1/s1. The van der Waals surface area contributed by atoms with Crippen molar-refractivity contribution in [1.82, 2.24) is 5.32 Å². The van der Waals surface area contributed by atoms with E-state index in [1.807, 2.05) is 6.92 Å². The minimum absolute atomic E-state index is 0.00372. The van der Waals surface area contributed by atoms with Gasteiger partial charge < -0.3 is 15.4 Å². The topological polar surface area (TPSA) is 84.5 Å². The Morgan fingerprint density at radius 1 is 1.43 bits per heavy atom. The van der Waals surface area contributed by atoms with E-state index in [-0.39, 0.29) is 23.5 Å². The molecule has 2 rings (SSSR count). The predicted octanol–water partition coefficient (Wildman–Crippen LogP) is 2.20. The molecule has 0 bridgehead atoms. The first kappa shape index (κ1) is 17.3. The quantitative estimate of drug-likeness (QED) is 0.779. The maximum Gasteiger partial charge on any atom is 0.319 e. The smallest absolute Gasteiger partial charge is 0.319 e. The van der Waals surface area contributed by atoms with Crippen LogP contribution in [0.2, 0.25) is 0 Å². The van der Waals surface area contributed by atoms with Gasteiger partial charge in [0.2, 0.25) is 0 Å². The van der Waals surface area contributed by atoms with E-state index in [2.05, 4.69) is 17.2 Å². The number of urea groups is 1. The van der Waals surface area contributed by atoms with E-state index in [4.69, 9.17) is 4.74 Å². The van der Waals surface area contributed by atoms with Gasteiger partial charge in [-0.25, -0.2) is 13.2 Å². The molecule has 0 radical (unpaired) electrons. The molecule has 1 atom stereocenters. The van der Waals surface area contributed by atoms with Crippen molar-refractivity contribution >= 4 is 21.6 Å². The molecule has 6 nitrogen and oxygen atoms in total. The Bertz CT molecular complexity index is 685. The molecule has 0 unspecified atom stereocenters. The summed E-state index contributed by atoms with van der Waals surface area (Å²) in [7, 11) is -2.92. The SMILES string of the molecule is C=C(C)COc1cccc(NC(=O)NC[C@H]2CCS(=O)(=O)C2)c1. The first-order chi connectivity index (χ1) is 10.8. The fourth-order valence-electron chi connectivity index (χ4n) is 2.32. The van der Waals surface area contributed by atoms with E-state index in [0.29, 0.717) is 31.0 Å². The third kappa shape index (κ3) is 5.94. The van der Waals surface area contributed by atoms with Crippen LogP contribution in [0.15, 0.2) is 36.4 Å². The highest BCUT2D eigenvalue weighted by atomic mass is 32.2. The van der Waals surface area contributed by atoms with Crippen molar-refractivity contribution in [2.24, 2.45) is 5.92 Å². The average Bonchev–Trinajstić information content (AvgIpc) is 2.83. The summed E-state index contributed by atoms with van der Waals surface area (Å²) in [6.07, 6.45) is 0.604. The number of benzene rings is 1. The number of carbonyl (C=O) groups is 1. The van der Waals surface area contributed by atoms with Gasteiger partial charge in [-0.05, 0) is 37.0 Å². The maximum absolute atomic E-state index is 11.9. The first-order valence-corrected chi connectivity index (χ1v) is 9.29. The zero-order valence-corrected chi connectivity index (χ0v) is 14.0. The van der Waals surface area contributed by atoms with Crippen molar-refractivity contribution in [2.75, 3.05) is 30.0 Å². The van der Waals surface area contributed by atoms with Crippen molar-refractivity contribution in [1.29, 1.82) is 0 Å². The van der Waals surface area contributed by atoms with E-state index >= 15 is 0 Å². The van der Waals surface area contributed by atoms with Crippen molar-refractivity contribution in [3.05, 3.63) is 36.4 Å². The van der Waals surface area contributed by atoms with Crippen molar-refractivity contribution in [2.45, 2.75) is 13.3 Å². The summed E-state index contributed by atoms with van der Waals surface area (Å²) < 4.78 is 28.3. The van der Waals surface area contributed by atoms with Gasteiger partial charge in [0.15, 0.2) is 9.84 Å². The number of carbonyl (C=O) groups excluding carboxylic acids is 1. The van der Waals surface area contributed by atoms with Crippen LogP contribution in [0.4, 0.5) is 10.5 Å². The van der Waals surface area contributed by atoms with Crippen LogP contribution < -0.4 is 15.4 Å². The molecule has 1 saturated heterocycles. The lowest BCUT2D eigenvalue weighted by atomic mass is 10.1. The molecule has 1 aliphatic rings. The van der Waals surface area contributed by atoms with Crippen LogP contribution in [-0.4, -0.2) is 39.1 Å². The number of rotatable bonds is 6. The monoisotopic (exact) mass is 338 g/mol. The second-order valence-electron chi connectivity index (χ2n) is 5.88. The lowest BCUT2D eigenvalue weighted by molar-refractivity contribution is 0.250. The van der Waals surface area contributed by atoms with Gasteiger partial charge in [-0.3, -0.25) is 0 Å². The van der Waals surface area contributed by atoms with E-state index in [1.54, 1.807) is 24.3 Å². The number of anilines is 1. The molecule has 1 heterocycles. The number of sulfone groups is 1. The molecule has 1 aliphatic heterocycles. The van der Waals surface area contributed by atoms with E-state index in [9.17, 15) is 13.2 Å². The van der Waals surface area contributed by atoms with Crippen molar-refractivity contribution < 1.29 is 17.9 Å². The second kappa shape index (κ2) is 7.50. The van der Waals surface area contributed by atoms with Crippen LogP contribution >= 0.6 is 0 Å². The number of nitrogens with one attached hydrogen (secondary N) is 2. The third-order valence-corrected chi connectivity index (χ3v) is 5.29. The largest absolute Gasteiger partial charge is 0.489 e. The molecule has 126 valence electrons. The molecule has 0 saturated carbocycles. The molecule has 2 N–H and O–H groups in total. The summed E-state index contributed by atoms with van der Waals surface area (Å²) in [5, 5.41) is 5.42. The molecule has 2 amide bonds. The average molecular weight is 338 g/mol. The Labute approximate surface area is 136 Å². The zero-order chi connectivity index (χ0) is 16.9. The van der Waals surface area contributed by atoms with Gasteiger partial charge >= 0.3 is 6.03 Å². The minimum Gasteiger partial charge on any atom is -0.489 e. The number of hydrogen-bond donors (Lipinski definition) is 2. The summed E-state index contributed by atoms with van der Waals surface area (Å²) in [6.45, 7) is 6.42. The fourth-order valence-corrected chi connectivity index (χ4v) is 4.18. The first-order valence-electron chi connectivity index (χ1n) is 7.46. The van der Waals surface area contributed by atoms with Crippen LogP contribution in [0.1, 0.15) is 13.3 Å². The highest BCUT2D eigenvalue weighted by Crippen LogP contribution is 2.19. The number of amides is 2. The van der Waals surface area contributed by atoms with Gasteiger partial charge in [0, 0.05) is 18.3 Å². The Morgan fingerprint density at radius 3 is 2.87 bits per heavy atom. The second-order valence-corrected chi connectivity index (χ2v) is 8.11. The maximum atomic E-state index is 11.9. The van der Waals surface area contributed by atoms with Crippen LogP contribution in [0.25, 0.3) is 0 Å². The zero-order valence-electron chi connectivity index (χ0n) is 13.2. The molecule has 23 heavy (non-hydrogen) atoms. The lowest BCUT2D eigenvalue weighted by Gasteiger charge is -2.12. The summed E-state index contributed by atoms with van der Waals surface area (Å²) in [6, 6.07) is 6.71. The van der Waals surface area contributed by atoms with Crippen LogP contribution in [0, 0.1) is 5.92 Å². The summed E-state index contributed by atoms with van der Waals surface area (Å²) >= 11 is 0. The summed E-state index contributed by atoms with van der Waals surface area (Å²) in [5.41, 5.74) is 1.52. The van der Waals surface area contributed by atoms with Gasteiger partial charge in [0.1, 0.15) is 12.4 Å². The molecule has 0 spiro atoms. The highest BCUT2D eigenvalue weighted by Gasteiger charge is 2.27. The van der Waals surface area contributed by atoms with Gasteiger partial charge in [-0.15, -0.1) is 0 Å². The Hall–Kier alpha value is -2.02. The Morgan fingerprint density at radius 2 is 2.22 bits per heavy atom. The number of ether oxygens (including phenoxy) is 1. The summed E-state index contributed by atoms with van der Waals surface area (Å²) in [5.74, 6) is 1.00. The van der Waals surface area contributed by atoms with E-state index in [0.717, 1.165) is 5.57 Å². The molecule has 1 aromatic rings. The molecule has 0 aliphatic carbocycles. The Balaban J connectivity index is 1.81. The van der Waals surface area contributed by atoms with Crippen LogP contribution in [0.5, 0.6) is 5.75 Å². The normalized spacial score (nSPS) is 19.1. The molecule has 1 aromatic carbocycles. The van der Waals surface area contributed by atoms with E-state index < -0.39 is 9.84 Å². The Kier molecular flexibility index (Phi) is 5.65.